The molecular weight excluding hydrogens is 479 g/mol. The molecule has 1 N–H and O–H groups in total. The largest absolute Gasteiger partial charge is 0.456 e. The summed E-state index contributed by atoms with van der Waals surface area (Å²) in [5.41, 5.74) is 3.01. The van der Waals surface area contributed by atoms with E-state index in [9.17, 15) is 9.59 Å². The summed E-state index contributed by atoms with van der Waals surface area (Å²) in [6.45, 7) is 0.539. The van der Waals surface area contributed by atoms with Gasteiger partial charge in [0.2, 0.25) is 0 Å². The Morgan fingerprint density at radius 3 is 2.27 bits per heavy atom. The van der Waals surface area contributed by atoms with Crippen LogP contribution in [-0.2, 0) is 20.7 Å². The van der Waals surface area contributed by atoms with E-state index in [-0.39, 0.29) is 18.9 Å². The number of hydrogen-bond acceptors (Lipinski definition) is 5. The van der Waals surface area contributed by atoms with Crippen LogP contribution in [0.1, 0.15) is 12.0 Å². The number of halogens is 2. The highest BCUT2D eigenvalue weighted by Gasteiger charge is 2.23. The number of amides is 1. The van der Waals surface area contributed by atoms with Crippen molar-refractivity contribution < 1.29 is 14.3 Å². The van der Waals surface area contributed by atoms with E-state index in [1.54, 1.807) is 23.9 Å². The van der Waals surface area contributed by atoms with E-state index in [1.165, 1.54) is 0 Å². The summed E-state index contributed by atoms with van der Waals surface area (Å²) in [7, 11) is 0. The number of anilines is 2. The Kier molecular flexibility index (Phi) is 7.81. The minimum absolute atomic E-state index is 0.168. The van der Waals surface area contributed by atoms with Crippen LogP contribution in [0.3, 0.4) is 0 Å². The predicted octanol–water partition coefficient (Wildman–Crippen LogP) is 5.89. The fourth-order valence-corrected chi connectivity index (χ4v) is 5.15. The fourth-order valence-electron chi connectivity index (χ4n) is 3.56. The lowest BCUT2D eigenvalue weighted by Crippen LogP contribution is -2.31. The van der Waals surface area contributed by atoms with Crippen molar-refractivity contribution in [3.63, 3.8) is 0 Å². The maximum absolute atomic E-state index is 12.3. The Bertz CT molecular complexity index is 1130. The third kappa shape index (κ3) is 6.02. The SMILES string of the molecule is O=C(COC(=O)CCN1c2ccccc2Sc2ccccc21)NCCc1ccc(Cl)cc1Cl. The van der Waals surface area contributed by atoms with Gasteiger partial charge in [0.1, 0.15) is 0 Å². The highest BCUT2D eigenvalue weighted by atomic mass is 35.5. The number of carbonyl (C=O) groups is 2. The second-order valence-electron chi connectivity index (χ2n) is 7.44. The summed E-state index contributed by atoms with van der Waals surface area (Å²) in [6.07, 6.45) is 0.725. The van der Waals surface area contributed by atoms with Gasteiger partial charge in [-0.3, -0.25) is 9.59 Å². The number of benzene rings is 3. The molecule has 0 atom stereocenters. The maximum atomic E-state index is 12.3. The highest BCUT2D eigenvalue weighted by molar-refractivity contribution is 7.99. The summed E-state index contributed by atoms with van der Waals surface area (Å²) in [6, 6.07) is 21.5. The zero-order valence-electron chi connectivity index (χ0n) is 17.7. The van der Waals surface area contributed by atoms with Crippen LogP contribution < -0.4 is 10.2 Å². The highest BCUT2D eigenvalue weighted by Crippen LogP contribution is 2.47. The van der Waals surface area contributed by atoms with Gasteiger partial charge in [-0.15, -0.1) is 0 Å². The smallest absolute Gasteiger partial charge is 0.308 e. The Morgan fingerprint density at radius 1 is 0.939 bits per heavy atom. The van der Waals surface area contributed by atoms with Crippen LogP contribution in [0, 0.1) is 0 Å². The van der Waals surface area contributed by atoms with Gasteiger partial charge in [0.05, 0.1) is 17.8 Å². The number of nitrogens with zero attached hydrogens (tertiary/aromatic N) is 1. The Hall–Kier alpha value is -2.67. The molecular formula is C25H22Cl2N2O3S. The van der Waals surface area contributed by atoms with E-state index in [1.807, 2.05) is 42.5 Å². The van der Waals surface area contributed by atoms with Gasteiger partial charge in [0, 0.05) is 32.9 Å². The van der Waals surface area contributed by atoms with Crippen LogP contribution in [0.25, 0.3) is 0 Å². The number of esters is 1. The van der Waals surface area contributed by atoms with Crippen LogP contribution in [0.5, 0.6) is 0 Å². The van der Waals surface area contributed by atoms with Crippen molar-refractivity contribution in [3.8, 4) is 0 Å². The van der Waals surface area contributed by atoms with Crippen molar-refractivity contribution in [2.24, 2.45) is 0 Å². The lowest BCUT2D eigenvalue weighted by atomic mass is 10.1. The number of ether oxygens (including phenoxy) is 1. The third-order valence-electron chi connectivity index (χ3n) is 5.17. The van der Waals surface area contributed by atoms with Crippen LogP contribution in [0.2, 0.25) is 10.0 Å². The molecule has 1 heterocycles. The summed E-state index contributed by atoms with van der Waals surface area (Å²) >= 11 is 13.7. The van der Waals surface area contributed by atoms with Gasteiger partial charge in [-0.1, -0.05) is 65.3 Å². The van der Waals surface area contributed by atoms with Crippen molar-refractivity contribution >= 4 is 58.2 Å². The Labute approximate surface area is 207 Å². The van der Waals surface area contributed by atoms with Gasteiger partial charge < -0.3 is 15.0 Å². The average Bonchev–Trinajstić information content (AvgIpc) is 2.81. The van der Waals surface area contributed by atoms with Gasteiger partial charge >= 0.3 is 5.97 Å². The van der Waals surface area contributed by atoms with E-state index in [0.717, 1.165) is 26.7 Å². The molecule has 8 heteroatoms. The second kappa shape index (κ2) is 11.0. The molecule has 3 aromatic carbocycles. The molecule has 1 amide bonds. The summed E-state index contributed by atoms with van der Waals surface area (Å²) in [5, 5.41) is 3.86. The van der Waals surface area contributed by atoms with Gasteiger partial charge in [-0.25, -0.2) is 0 Å². The standard InChI is InChI=1S/C25H22Cl2N2O3S/c26-18-10-9-17(19(27)15-18)11-13-28-24(30)16-32-25(31)12-14-29-20-5-1-3-7-22(20)33-23-8-4-2-6-21(23)29/h1-10,15H,11-14,16H2,(H,28,30). The fraction of sp³-hybridized carbons (Fsp3) is 0.200. The minimum atomic E-state index is -0.418. The number of rotatable bonds is 8. The van der Waals surface area contributed by atoms with E-state index in [2.05, 4.69) is 22.3 Å². The quantitative estimate of drug-likeness (QED) is 0.390. The molecule has 0 aromatic heterocycles. The zero-order valence-corrected chi connectivity index (χ0v) is 20.1. The molecule has 1 aliphatic heterocycles. The van der Waals surface area contributed by atoms with Crippen molar-refractivity contribution in [1.29, 1.82) is 0 Å². The number of hydrogen-bond donors (Lipinski definition) is 1. The monoisotopic (exact) mass is 500 g/mol. The summed E-state index contributed by atoms with van der Waals surface area (Å²) in [5.74, 6) is -0.766. The third-order valence-corrected chi connectivity index (χ3v) is 6.88. The Balaban J connectivity index is 1.25. The maximum Gasteiger partial charge on any atom is 0.308 e. The molecule has 0 fully saturated rings. The van der Waals surface area contributed by atoms with Gasteiger partial charge in [0.15, 0.2) is 6.61 Å². The molecule has 0 saturated carbocycles. The first-order valence-corrected chi connectivity index (χ1v) is 12.1. The van der Waals surface area contributed by atoms with E-state index < -0.39 is 5.97 Å². The molecule has 170 valence electrons. The molecule has 0 bridgehead atoms. The minimum Gasteiger partial charge on any atom is -0.456 e. The molecule has 0 unspecified atom stereocenters. The molecule has 0 spiro atoms. The number of fused-ring (bicyclic) bond motifs is 2. The molecule has 33 heavy (non-hydrogen) atoms. The normalized spacial score (nSPS) is 12.0. The van der Waals surface area contributed by atoms with Crippen molar-refractivity contribution in [1.82, 2.24) is 5.32 Å². The van der Waals surface area contributed by atoms with Crippen LogP contribution in [0.15, 0.2) is 76.5 Å². The van der Waals surface area contributed by atoms with E-state index >= 15 is 0 Å². The van der Waals surface area contributed by atoms with Gasteiger partial charge in [0.25, 0.3) is 5.91 Å². The predicted molar refractivity (Wildman–Crippen MR) is 133 cm³/mol. The molecule has 5 nitrogen and oxygen atoms in total. The van der Waals surface area contributed by atoms with Crippen LogP contribution in [-0.4, -0.2) is 31.6 Å². The van der Waals surface area contributed by atoms with Gasteiger partial charge in [-0.05, 0) is 48.4 Å². The molecule has 1 aliphatic rings. The summed E-state index contributed by atoms with van der Waals surface area (Å²) in [4.78, 5) is 28.8. The molecule has 3 aromatic rings. The average molecular weight is 501 g/mol. The number of nitrogens with one attached hydrogen (secondary N) is 1. The van der Waals surface area contributed by atoms with Crippen LogP contribution in [0.4, 0.5) is 11.4 Å². The Morgan fingerprint density at radius 2 is 1.61 bits per heavy atom. The first-order chi connectivity index (χ1) is 16.0. The van der Waals surface area contributed by atoms with E-state index in [0.29, 0.717) is 29.6 Å². The summed E-state index contributed by atoms with van der Waals surface area (Å²) < 4.78 is 5.19. The van der Waals surface area contributed by atoms with Crippen molar-refractivity contribution in [3.05, 3.63) is 82.3 Å². The van der Waals surface area contributed by atoms with Crippen molar-refractivity contribution in [2.75, 3.05) is 24.6 Å². The molecule has 0 aliphatic carbocycles. The molecule has 0 radical (unpaired) electrons. The lowest BCUT2D eigenvalue weighted by Gasteiger charge is -2.32. The lowest BCUT2D eigenvalue weighted by molar-refractivity contribution is -0.148. The first kappa shape index (κ1) is 23.5. The number of para-hydroxylation sites is 2. The first-order valence-electron chi connectivity index (χ1n) is 10.5. The topological polar surface area (TPSA) is 58.6 Å². The molecule has 0 saturated heterocycles. The van der Waals surface area contributed by atoms with E-state index in [4.69, 9.17) is 27.9 Å². The van der Waals surface area contributed by atoms with Gasteiger partial charge in [-0.2, -0.15) is 0 Å². The van der Waals surface area contributed by atoms with Crippen LogP contribution >= 0.6 is 35.0 Å². The number of carbonyl (C=O) groups excluding carboxylic acids is 2. The molecule has 4 rings (SSSR count). The van der Waals surface area contributed by atoms with Crippen molar-refractivity contribution in [2.45, 2.75) is 22.6 Å². The second-order valence-corrected chi connectivity index (χ2v) is 9.36. The zero-order chi connectivity index (χ0) is 23.2.